The number of likely N-dealkylation sites (tertiary alicyclic amines) is 1. The van der Waals surface area contributed by atoms with Gasteiger partial charge in [0, 0.05) is 12.1 Å². The summed E-state index contributed by atoms with van der Waals surface area (Å²) in [6, 6.07) is 3.58. The molecule has 3 nitrogen and oxygen atoms in total. The summed E-state index contributed by atoms with van der Waals surface area (Å²) >= 11 is 0. The summed E-state index contributed by atoms with van der Waals surface area (Å²) < 4.78 is 0. The molecule has 0 bridgehead atoms. The zero-order valence-corrected chi connectivity index (χ0v) is 13.4. The van der Waals surface area contributed by atoms with Gasteiger partial charge in [0.05, 0.1) is 6.07 Å². The minimum absolute atomic E-state index is 0.391. The smallest absolute Gasteiger partial charge is 0.105 e. The Morgan fingerprint density at radius 1 is 1.47 bits per heavy atom. The number of nitriles is 1. The lowest BCUT2D eigenvalue weighted by Gasteiger charge is -2.42. The van der Waals surface area contributed by atoms with Crippen molar-refractivity contribution in [1.29, 1.82) is 5.26 Å². The molecule has 1 aliphatic heterocycles. The van der Waals surface area contributed by atoms with Crippen LogP contribution in [0, 0.1) is 17.2 Å². The van der Waals surface area contributed by atoms with Gasteiger partial charge in [0.2, 0.25) is 0 Å². The van der Waals surface area contributed by atoms with Gasteiger partial charge < -0.3 is 0 Å². The normalized spacial score (nSPS) is 29.5. The number of hydrogen-bond acceptors (Lipinski definition) is 3. The van der Waals surface area contributed by atoms with Crippen molar-refractivity contribution in [2.45, 2.75) is 77.9 Å². The molecule has 1 saturated heterocycles. The monoisotopic (exact) mass is 265 g/mol. The van der Waals surface area contributed by atoms with Crippen molar-refractivity contribution in [3.05, 3.63) is 0 Å². The van der Waals surface area contributed by atoms with Gasteiger partial charge in [-0.2, -0.15) is 5.26 Å². The first kappa shape index (κ1) is 16.5. The van der Waals surface area contributed by atoms with Crippen molar-refractivity contribution in [1.82, 2.24) is 10.2 Å². The number of nitrogens with one attached hydrogen (secondary N) is 1. The number of hydrogen-bond donors (Lipinski definition) is 1. The number of nitrogens with zero attached hydrogens (tertiary/aromatic N) is 2. The molecular formula is C16H31N3. The highest BCUT2D eigenvalue weighted by molar-refractivity contribution is 5.05. The maximum atomic E-state index is 9.44. The van der Waals surface area contributed by atoms with Gasteiger partial charge >= 0.3 is 0 Å². The first-order valence-electron chi connectivity index (χ1n) is 7.84. The Labute approximate surface area is 119 Å². The van der Waals surface area contributed by atoms with E-state index in [1.54, 1.807) is 0 Å². The molecule has 0 aromatic rings. The zero-order chi connectivity index (χ0) is 14.5. The molecule has 0 aromatic heterocycles. The third-order valence-corrected chi connectivity index (χ3v) is 4.47. The van der Waals surface area contributed by atoms with Crippen LogP contribution < -0.4 is 5.32 Å². The highest BCUT2D eigenvalue weighted by Gasteiger charge is 2.32. The van der Waals surface area contributed by atoms with Crippen molar-refractivity contribution in [3.8, 4) is 6.07 Å². The summed E-state index contributed by atoms with van der Waals surface area (Å²) in [5.41, 5.74) is -0.391. The molecule has 1 fully saturated rings. The predicted octanol–water partition coefficient (Wildman–Crippen LogP) is 3.17. The van der Waals surface area contributed by atoms with Crippen molar-refractivity contribution < 1.29 is 0 Å². The van der Waals surface area contributed by atoms with Crippen LogP contribution in [-0.4, -0.2) is 35.6 Å². The fourth-order valence-electron chi connectivity index (χ4n) is 3.35. The topological polar surface area (TPSA) is 39.1 Å². The largest absolute Gasteiger partial charge is 0.300 e. The third-order valence-electron chi connectivity index (χ3n) is 4.47. The second-order valence-corrected chi connectivity index (χ2v) is 6.64. The minimum atomic E-state index is -0.391. The average molecular weight is 265 g/mol. The Kier molecular flexibility index (Phi) is 6.29. The van der Waals surface area contributed by atoms with E-state index in [-0.39, 0.29) is 0 Å². The molecular weight excluding hydrogens is 234 g/mol. The lowest BCUT2D eigenvalue weighted by atomic mass is 9.88. The lowest BCUT2D eigenvalue weighted by molar-refractivity contribution is 0.0761. The molecule has 0 aliphatic carbocycles. The summed E-state index contributed by atoms with van der Waals surface area (Å²) in [7, 11) is 0. The first-order chi connectivity index (χ1) is 8.91. The molecule has 110 valence electrons. The summed E-state index contributed by atoms with van der Waals surface area (Å²) in [4.78, 5) is 2.59. The fourth-order valence-corrected chi connectivity index (χ4v) is 3.35. The third kappa shape index (κ3) is 4.78. The Bertz CT molecular complexity index is 310. The zero-order valence-electron chi connectivity index (χ0n) is 13.4. The average Bonchev–Trinajstić information content (AvgIpc) is 2.36. The molecule has 4 atom stereocenters. The summed E-state index contributed by atoms with van der Waals surface area (Å²) in [6.07, 6.45) is 4.56. The molecule has 0 saturated carbocycles. The predicted molar refractivity (Wildman–Crippen MR) is 81.0 cm³/mol. The van der Waals surface area contributed by atoms with Crippen molar-refractivity contribution in [3.63, 3.8) is 0 Å². The molecule has 1 rings (SSSR count). The van der Waals surface area contributed by atoms with Crippen LogP contribution in [0.2, 0.25) is 0 Å². The van der Waals surface area contributed by atoms with E-state index in [1.807, 2.05) is 6.92 Å². The van der Waals surface area contributed by atoms with Crippen LogP contribution in [0.4, 0.5) is 0 Å². The summed E-state index contributed by atoms with van der Waals surface area (Å²) in [5, 5.41) is 12.8. The molecule has 0 radical (unpaired) electrons. The van der Waals surface area contributed by atoms with Gasteiger partial charge in [0.1, 0.15) is 5.54 Å². The van der Waals surface area contributed by atoms with Gasteiger partial charge in [0.15, 0.2) is 0 Å². The molecule has 0 aromatic carbocycles. The SMILES string of the molecule is CCCNC(C)(C#N)CC(C)N1CCC(C)CC1C. The molecule has 1 N–H and O–H groups in total. The van der Waals surface area contributed by atoms with Gasteiger partial charge in [-0.3, -0.25) is 10.2 Å². The van der Waals surface area contributed by atoms with Gasteiger partial charge in [-0.05, 0) is 65.5 Å². The van der Waals surface area contributed by atoms with Gasteiger partial charge in [-0.15, -0.1) is 0 Å². The highest BCUT2D eigenvalue weighted by atomic mass is 15.2. The van der Waals surface area contributed by atoms with E-state index in [4.69, 9.17) is 0 Å². The van der Waals surface area contributed by atoms with E-state index < -0.39 is 5.54 Å². The first-order valence-corrected chi connectivity index (χ1v) is 7.84. The van der Waals surface area contributed by atoms with Crippen LogP contribution in [0.25, 0.3) is 0 Å². The molecule has 1 aliphatic rings. The number of piperidine rings is 1. The maximum absolute atomic E-state index is 9.44. The quantitative estimate of drug-likeness (QED) is 0.802. The standard InChI is InChI=1S/C16H31N3/c1-6-8-18-16(5,12-17)11-15(4)19-9-7-13(2)10-14(19)3/h13-15,18H,6-11H2,1-5H3. The molecule has 19 heavy (non-hydrogen) atoms. The van der Waals surface area contributed by atoms with Crippen molar-refractivity contribution in [2.24, 2.45) is 5.92 Å². The van der Waals surface area contributed by atoms with Crippen LogP contribution in [0.1, 0.15) is 60.3 Å². The van der Waals surface area contributed by atoms with Crippen LogP contribution >= 0.6 is 0 Å². The van der Waals surface area contributed by atoms with E-state index in [0.717, 1.165) is 25.3 Å². The molecule has 0 amide bonds. The van der Waals surface area contributed by atoms with Gasteiger partial charge in [0.25, 0.3) is 0 Å². The van der Waals surface area contributed by atoms with E-state index in [0.29, 0.717) is 12.1 Å². The van der Waals surface area contributed by atoms with E-state index in [9.17, 15) is 5.26 Å². The van der Waals surface area contributed by atoms with Crippen LogP contribution in [0.15, 0.2) is 0 Å². The second-order valence-electron chi connectivity index (χ2n) is 6.64. The van der Waals surface area contributed by atoms with Crippen LogP contribution in [-0.2, 0) is 0 Å². The van der Waals surface area contributed by atoms with Crippen LogP contribution in [0.5, 0.6) is 0 Å². The minimum Gasteiger partial charge on any atom is -0.300 e. The lowest BCUT2D eigenvalue weighted by Crippen LogP contribution is -2.51. The Hall–Kier alpha value is -0.590. The Morgan fingerprint density at radius 2 is 2.16 bits per heavy atom. The van der Waals surface area contributed by atoms with Crippen LogP contribution in [0.3, 0.4) is 0 Å². The van der Waals surface area contributed by atoms with Gasteiger partial charge in [-0.1, -0.05) is 13.8 Å². The van der Waals surface area contributed by atoms with Crippen molar-refractivity contribution in [2.75, 3.05) is 13.1 Å². The Morgan fingerprint density at radius 3 is 2.68 bits per heavy atom. The maximum Gasteiger partial charge on any atom is 0.105 e. The molecule has 1 heterocycles. The van der Waals surface area contributed by atoms with E-state index >= 15 is 0 Å². The Balaban J connectivity index is 2.57. The highest BCUT2D eigenvalue weighted by Crippen LogP contribution is 2.26. The van der Waals surface area contributed by atoms with E-state index in [2.05, 4.69) is 44.0 Å². The fraction of sp³-hybridized carbons (Fsp3) is 0.938. The van der Waals surface area contributed by atoms with Crippen molar-refractivity contribution >= 4 is 0 Å². The van der Waals surface area contributed by atoms with Gasteiger partial charge in [-0.25, -0.2) is 0 Å². The molecule has 0 spiro atoms. The summed E-state index contributed by atoms with van der Waals surface area (Å²) in [6.45, 7) is 13.2. The second kappa shape index (κ2) is 7.26. The molecule has 3 heteroatoms. The summed E-state index contributed by atoms with van der Waals surface area (Å²) in [5.74, 6) is 0.846. The number of rotatable bonds is 6. The van der Waals surface area contributed by atoms with E-state index in [1.165, 1.54) is 19.4 Å². The molecule has 4 unspecified atom stereocenters.